The molecular formula is C27H45NO11. The van der Waals surface area contributed by atoms with Crippen LogP contribution < -0.4 is 5.32 Å². The van der Waals surface area contributed by atoms with Gasteiger partial charge in [-0.3, -0.25) is 4.79 Å². The Morgan fingerprint density at radius 2 is 1.03 bits per heavy atom. The molecule has 0 atom stereocenters. The fourth-order valence-electron chi connectivity index (χ4n) is 2.81. The molecule has 0 aromatic heterocycles. The quantitative estimate of drug-likeness (QED) is 0.125. The van der Waals surface area contributed by atoms with Crippen LogP contribution in [0.3, 0.4) is 0 Å². The molecule has 1 aromatic rings. The Morgan fingerprint density at radius 3 is 1.49 bits per heavy atom. The first-order valence-corrected chi connectivity index (χ1v) is 13.4. The number of nitrogens with one attached hydrogen (secondary N) is 1. The molecule has 0 radical (unpaired) electrons. The van der Waals surface area contributed by atoms with Crippen LogP contribution in [-0.2, 0) is 54.0 Å². The van der Waals surface area contributed by atoms with Crippen LogP contribution in [0, 0.1) is 0 Å². The normalized spacial score (nSPS) is 10.9. The molecule has 1 aromatic carbocycles. The molecule has 0 fully saturated rings. The Balaban J connectivity index is 1.68. The lowest BCUT2D eigenvalue weighted by atomic mass is 10.2. The Labute approximate surface area is 231 Å². The average Bonchev–Trinajstić information content (AvgIpc) is 2.95. The molecule has 0 aliphatic carbocycles. The summed E-state index contributed by atoms with van der Waals surface area (Å²) in [5.41, 5.74) is 0.936. The van der Waals surface area contributed by atoms with Gasteiger partial charge in [-0.25, -0.2) is 4.79 Å². The van der Waals surface area contributed by atoms with Gasteiger partial charge in [-0.1, -0.05) is 30.3 Å². The molecule has 1 amide bonds. The van der Waals surface area contributed by atoms with E-state index in [2.05, 4.69) is 5.32 Å². The molecule has 1 rings (SSSR count). The third kappa shape index (κ3) is 24.5. The fraction of sp³-hybridized carbons (Fsp3) is 0.704. The van der Waals surface area contributed by atoms with Gasteiger partial charge in [0.2, 0.25) is 0 Å². The van der Waals surface area contributed by atoms with E-state index in [4.69, 9.17) is 42.6 Å². The second-order valence-electron chi connectivity index (χ2n) is 7.83. The van der Waals surface area contributed by atoms with Crippen LogP contribution in [0.1, 0.15) is 18.9 Å². The Morgan fingerprint density at radius 1 is 0.590 bits per heavy atom. The van der Waals surface area contributed by atoms with Crippen LogP contribution in [0.5, 0.6) is 0 Å². The van der Waals surface area contributed by atoms with Gasteiger partial charge in [0.1, 0.15) is 6.61 Å². The van der Waals surface area contributed by atoms with Crippen LogP contribution >= 0.6 is 0 Å². The van der Waals surface area contributed by atoms with Crippen LogP contribution in [0.4, 0.5) is 4.79 Å². The molecule has 0 saturated carbocycles. The second-order valence-corrected chi connectivity index (χ2v) is 7.83. The monoisotopic (exact) mass is 559 g/mol. The van der Waals surface area contributed by atoms with E-state index < -0.39 is 6.09 Å². The van der Waals surface area contributed by atoms with E-state index in [0.29, 0.717) is 106 Å². The maximum atomic E-state index is 11.6. The predicted molar refractivity (Wildman–Crippen MR) is 142 cm³/mol. The lowest BCUT2D eigenvalue weighted by molar-refractivity contribution is -0.144. The van der Waals surface area contributed by atoms with Crippen LogP contribution in [0.15, 0.2) is 30.3 Å². The number of carbonyl (C=O) groups is 2. The highest BCUT2D eigenvalue weighted by Gasteiger charge is 2.02. The van der Waals surface area contributed by atoms with Crippen LogP contribution in [0.25, 0.3) is 0 Å². The minimum atomic E-state index is -0.471. The molecule has 224 valence electrons. The highest BCUT2D eigenvalue weighted by Crippen LogP contribution is 2.00. The smallest absolute Gasteiger partial charge is 0.407 e. The van der Waals surface area contributed by atoms with Gasteiger partial charge >= 0.3 is 12.1 Å². The van der Waals surface area contributed by atoms with Crippen molar-refractivity contribution in [3.05, 3.63) is 35.9 Å². The van der Waals surface area contributed by atoms with Gasteiger partial charge in [0.15, 0.2) is 0 Å². The number of rotatable bonds is 27. The largest absolute Gasteiger partial charge is 0.466 e. The molecule has 12 heteroatoms. The highest BCUT2D eigenvalue weighted by atomic mass is 16.6. The van der Waals surface area contributed by atoms with Crippen LogP contribution in [0.2, 0.25) is 0 Å². The van der Waals surface area contributed by atoms with E-state index in [1.165, 1.54) is 0 Å². The first-order chi connectivity index (χ1) is 19.2. The highest BCUT2D eigenvalue weighted by molar-refractivity contribution is 5.69. The van der Waals surface area contributed by atoms with Crippen molar-refractivity contribution in [2.45, 2.75) is 20.0 Å². The third-order valence-corrected chi connectivity index (χ3v) is 4.72. The summed E-state index contributed by atoms with van der Waals surface area (Å²) in [7, 11) is 0. The predicted octanol–water partition coefficient (Wildman–Crippen LogP) is 1.98. The van der Waals surface area contributed by atoms with Gasteiger partial charge in [-0.2, -0.15) is 0 Å². The van der Waals surface area contributed by atoms with Crippen molar-refractivity contribution in [1.29, 1.82) is 0 Å². The molecule has 0 aliphatic heterocycles. The summed E-state index contributed by atoms with van der Waals surface area (Å²) in [6, 6.07) is 9.49. The molecule has 0 bridgehead atoms. The van der Waals surface area contributed by atoms with Crippen molar-refractivity contribution < 1.29 is 52.2 Å². The summed E-state index contributed by atoms with van der Waals surface area (Å²) in [5, 5.41) is 2.63. The SMILES string of the molecule is CCOC(=O)CCOCCOCCOCCOCCOCCOCCOCCNC(=O)OCc1ccccc1. The summed E-state index contributed by atoms with van der Waals surface area (Å²) >= 11 is 0. The summed E-state index contributed by atoms with van der Waals surface area (Å²) in [6.45, 7) is 9.01. The summed E-state index contributed by atoms with van der Waals surface area (Å²) in [4.78, 5) is 22.7. The van der Waals surface area contributed by atoms with Crippen LogP contribution in [-0.4, -0.2) is 118 Å². The van der Waals surface area contributed by atoms with Crippen molar-refractivity contribution in [2.75, 3.05) is 106 Å². The molecule has 12 nitrogen and oxygen atoms in total. The molecular weight excluding hydrogens is 514 g/mol. The maximum absolute atomic E-state index is 11.6. The molecule has 0 heterocycles. The van der Waals surface area contributed by atoms with E-state index in [1.54, 1.807) is 6.92 Å². The van der Waals surface area contributed by atoms with E-state index >= 15 is 0 Å². The number of benzene rings is 1. The fourth-order valence-corrected chi connectivity index (χ4v) is 2.81. The second kappa shape index (κ2) is 27.3. The van der Waals surface area contributed by atoms with Crippen molar-refractivity contribution in [2.24, 2.45) is 0 Å². The van der Waals surface area contributed by atoms with E-state index in [9.17, 15) is 9.59 Å². The topological polar surface area (TPSA) is 129 Å². The van der Waals surface area contributed by atoms with Gasteiger partial charge in [0.05, 0.1) is 106 Å². The molecule has 0 saturated heterocycles. The van der Waals surface area contributed by atoms with E-state index in [1.807, 2.05) is 30.3 Å². The van der Waals surface area contributed by atoms with Crippen molar-refractivity contribution in [1.82, 2.24) is 5.32 Å². The molecule has 39 heavy (non-hydrogen) atoms. The zero-order valence-corrected chi connectivity index (χ0v) is 23.1. The van der Waals surface area contributed by atoms with E-state index in [0.717, 1.165) is 5.56 Å². The minimum Gasteiger partial charge on any atom is -0.466 e. The first kappa shape index (κ1) is 34.7. The first-order valence-electron chi connectivity index (χ1n) is 13.4. The lowest BCUT2D eigenvalue weighted by Gasteiger charge is -2.09. The number of hydrogen-bond donors (Lipinski definition) is 1. The van der Waals surface area contributed by atoms with Gasteiger partial charge in [0, 0.05) is 6.54 Å². The number of esters is 1. The van der Waals surface area contributed by atoms with E-state index in [-0.39, 0.29) is 19.0 Å². The molecule has 1 N–H and O–H groups in total. The van der Waals surface area contributed by atoms with Gasteiger partial charge in [-0.05, 0) is 12.5 Å². The van der Waals surface area contributed by atoms with Gasteiger partial charge < -0.3 is 47.9 Å². The summed E-state index contributed by atoms with van der Waals surface area (Å²) < 4.78 is 47.7. The Hall–Kier alpha value is -2.32. The number of hydrogen-bond acceptors (Lipinski definition) is 11. The number of alkyl carbamates (subject to hydrolysis) is 1. The van der Waals surface area contributed by atoms with Gasteiger partial charge in [-0.15, -0.1) is 0 Å². The number of amides is 1. The summed E-state index contributed by atoms with van der Waals surface area (Å²) in [6.07, 6.45) is -0.218. The zero-order chi connectivity index (χ0) is 28.1. The molecule has 0 unspecified atom stereocenters. The minimum absolute atomic E-state index is 0.237. The third-order valence-electron chi connectivity index (χ3n) is 4.72. The maximum Gasteiger partial charge on any atom is 0.407 e. The molecule has 0 aliphatic rings. The van der Waals surface area contributed by atoms with Crippen molar-refractivity contribution >= 4 is 12.1 Å². The Kier molecular flexibility index (Phi) is 24.3. The van der Waals surface area contributed by atoms with Crippen molar-refractivity contribution in [3.63, 3.8) is 0 Å². The lowest BCUT2D eigenvalue weighted by Crippen LogP contribution is -2.28. The Bertz CT molecular complexity index is 694. The number of carbonyl (C=O) groups excluding carboxylic acids is 2. The van der Waals surface area contributed by atoms with Crippen molar-refractivity contribution in [3.8, 4) is 0 Å². The average molecular weight is 560 g/mol. The molecule has 0 spiro atoms. The zero-order valence-electron chi connectivity index (χ0n) is 23.1. The van der Waals surface area contributed by atoms with Gasteiger partial charge in [0.25, 0.3) is 0 Å². The standard InChI is InChI=1S/C27H45NO11/c1-2-38-26(29)8-10-31-12-14-33-16-18-35-20-22-37-23-21-36-19-17-34-15-13-32-11-9-28-27(30)39-24-25-6-4-3-5-7-25/h3-7H,2,8-24H2,1H3,(H,28,30). The summed E-state index contributed by atoms with van der Waals surface area (Å²) in [5.74, 6) is -0.254. The number of ether oxygens (including phenoxy) is 9.